The Balaban J connectivity index is 1.99. The molecule has 1 fully saturated rings. The maximum absolute atomic E-state index is 12.9. The fourth-order valence-electron chi connectivity index (χ4n) is 2.69. The lowest BCUT2D eigenvalue weighted by Crippen LogP contribution is -2.54. The molecule has 1 aliphatic rings. The van der Waals surface area contributed by atoms with E-state index in [9.17, 15) is 19.2 Å². The molecule has 0 bridgehead atoms. The number of carbonyl (C=O) groups is 4. The molecule has 0 aromatic heterocycles. The summed E-state index contributed by atoms with van der Waals surface area (Å²) in [4.78, 5) is 49.0. The topological polar surface area (TPSA) is 113 Å². The minimum Gasteiger partial charge on any atom is -0.481 e. The van der Waals surface area contributed by atoms with E-state index in [0.717, 1.165) is 10.5 Å². The number of aryl methyl sites for hydroxylation is 1. The number of ether oxygens (including phenoxy) is 1. The van der Waals surface area contributed by atoms with Crippen LogP contribution in [-0.4, -0.2) is 35.5 Å². The maximum Gasteiger partial charge on any atom is 0.341 e. The molecule has 8 nitrogen and oxygen atoms in total. The van der Waals surface area contributed by atoms with Gasteiger partial charge in [-0.3, -0.25) is 14.9 Å². The van der Waals surface area contributed by atoms with Crippen molar-refractivity contribution in [3.63, 3.8) is 0 Å². The van der Waals surface area contributed by atoms with Crippen LogP contribution in [0, 0.1) is 6.92 Å². The smallest absolute Gasteiger partial charge is 0.341 e. The van der Waals surface area contributed by atoms with Gasteiger partial charge in [0.2, 0.25) is 0 Å². The zero-order chi connectivity index (χ0) is 20.3. The lowest BCUT2D eigenvalue weighted by atomic mass is 10.1. The molecule has 2 aromatic carbocycles. The monoisotopic (exact) mass is 380 g/mol. The fraction of sp³-hybridized carbons (Fsp3) is 0.100. The van der Waals surface area contributed by atoms with Gasteiger partial charge in [0.25, 0.3) is 11.8 Å². The highest BCUT2D eigenvalue weighted by Gasteiger charge is 2.37. The van der Waals surface area contributed by atoms with Gasteiger partial charge in [0, 0.05) is 5.56 Å². The number of carboxylic acids is 1. The Labute approximate surface area is 160 Å². The Morgan fingerprint density at radius 3 is 2.61 bits per heavy atom. The predicted molar refractivity (Wildman–Crippen MR) is 99.8 cm³/mol. The molecule has 2 aromatic rings. The van der Waals surface area contributed by atoms with Crippen molar-refractivity contribution in [2.24, 2.45) is 0 Å². The van der Waals surface area contributed by atoms with E-state index in [0.29, 0.717) is 11.3 Å². The van der Waals surface area contributed by atoms with E-state index in [-0.39, 0.29) is 11.3 Å². The summed E-state index contributed by atoms with van der Waals surface area (Å²) in [6.45, 7) is 1.24. The van der Waals surface area contributed by atoms with Gasteiger partial charge in [-0.2, -0.15) is 0 Å². The number of anilines is 1. The van der Waals surface area contributed by atoms with E-state index < -0.39 is 30.4 Å². The molecule has 28 heavy (non-hydrogen) atoms. The molecule has 0 radical (unpaired) electrons. The minimum atomic E-state index is -1.16. The van der Waals surface area contributed by atoms with E-state index in [1.807, 2.05) is 13.0 Å². The third kappa shape index (κ3) is 3.90. The van der Waals surface area contributed by atoms with Crippen LogP contribution in [0.3, 0.4) is 0 Å². The third-order valence-corrected chi connectivity index (χ3v) is 3.93. The summed E-state index contributed by atoms with van der Waals surface area (Å²) >= 11 is 0. The molecule has 142 valence electrons. The Morgan fingerprint density at radius 2 is 1.89 bits per heavy atom. The lowest BCUT2D eigenvalue weighted by Gasteiger charge is -2.26. The summed E-state index contributed by atoms with van der Waals surface area (Å²) in [6, 6.07) is 12.3. The molecule has 0 atom stereocenters. The van der Waals surface area contributed by atoms with E-state index in [2.05, 4.69) is 5.32 Å². The van der Waals surface area contributed by atoms with Crippen molar-refractivity contribution in [3.8, 4) is 5.75 Å². The number of amides is 4. The fourth-order valence-corrected chi connectivity index (χ4v) is 2.69. The van der Waals surface area contributed by atoms with E-state index >= 15 is 0 Å². The first kappa shape index (κ1) is 18.8. The maximum atomic E-state index is 12.9. The van der Waals surface area contributed by atoms with Crippen LogP contribution in [0.5, 0.6) is 5.75 Å². The van der Waals surface area contributed by atoms with Crippen LogP contribution >= 0.6 is 0 Å². The van der Waals surface area contributed by atoms with Crippen LogP contribution in [0.25, 0.3) is 6.08 Å². The molecule has 2 N–H and O–H groups in total. The average molecular weight is 380 g/mol. The van der Waals surface area contributed by atoms with Gasteiger partial charge in [-0.05, 0) is 36.8 Å². The van der Waals surface area contributed by atoms with Gasteiger partial charge in [0.05, 0.1) is 5.69 Å². The summed E-state index contributed by atoms with van der Waals surface area (Å²) in [5, 5.41) is 10.9. The molecule has 0 spiro atoms. The van der Waals surface area contributed by atoms with E-state index in [4.69, 9.17) is 9.84 Å². The number of carbonyl (C=O) groups excluding carboxylic acids is 3. The lowest BCUT2D eigenvalue weighted by molar-refractivity contribution is -0.139. The van der Waals surface area contributed by atoms with Crippen LogP contribution in [0.4, 0.5) is 10.5 Å². The SMILES string of the molecule is Cc1cccc(N2C(=O)NC(=O)/C(=C\c3ccccc3OCC(=O)O)C2=O)c1. The predicted octanol–water partition coefficient (Wildman–Crippen LogP) is 2.12. The average Bonchev–Trinajstić information content (AvgIpc) is 2.64. The normalized spacial score (nSPS) is 15.5. The van der Waals surface area contributed by atoms with Crippen molar-refractivity contribution in [3.05, 3.63) is 65.2 Å². The first-order chi connectivity index (χ1) is 13.4. The highest BCUT2D eigenvalue weighted by Crippen LogP contribution is 2.25. The number of urea groups is 1. The minimum absolute atomic E-state index is 0.192. The molecule has 4 amide bonds. The van der Waals surface area contributed by atoms with Crippen molar-refractivity contribution in [2.75, 3.05) is 11.5 Å². The number of aliphatic carboxylic acids is 1. The van der Waals surface area contributed by atoms with Gasteiger partial charge in [0.15, 0.2) is 6.61 Å². The number of benzene rings is 2. The zero-order valence-corrected chi connectivity index (χ0v) is 14.8. The van der Waals surface area contributed by atoms with E-state index in [1.165, 1.54) is 12.1 Å². The van der Waals surface area contributed by atoms with Crippen LogP contribution in [-0.2, 0) is 14.4 Å². The van der Waals surface area contributed by atoms with Crippen molar-refractivity contribution < 1.29 is 29.0 Å². The van der Waals surface area contributed by atoms with Crippen LogP contribution in [0.15, 0.2) is 54.1 Å². The zero-order valence-electron chi connectivity index (χ0n) is 14.8. The summed E-state index contributed by atoms with van der Waals surface area (Å²) in [6.07, 6.45) is 1.27. The number of para-hydroxylation sites is 1. The summed E-state index contributed by atoms with van der Waals surface area (Å²) in [7, 11) is 0. The summed E-state index contributed by atoms with van der Waals surface area (Å²) in [5.41, 5.74) is 1.23. The quantitative estimate of drug-likeness (QED) is 0.607. The number of hydrogen-bond acceptors (Lipinski definition) is 5. The highest BCUT2D eigenvalue weighted by atomic mass is 16.5. The van der Waals surface area contributed by atoms with Gasteiger partial charge < -0.3 is 9.84 Å². The Hall–Kier alpha value is -3.94. The molecule has 0 saturated carbocycles. The second-order valence-corrected chi connectivity index (χ2v) is 6.02. The summed E-state index contributed by atoms with van der Waals surface area (Å²) in [5.74, 6) is -2.60. The number of hydrogen-bond donors (Lipinski definition) is 2. The van der Waals surface area contributed by atoms with Crippen molar-refractivity contribution in [1.29, 1.82) is 0 Å². The molecular formula is C20H16N2O6. The largest absolute Gasteiger partial charge is 0.481 e. The molecule has 0 aliphatic carbocycles. The standard InChI is InChI=1S/C20H16N2O6/c1-12-5-4-7-14(9-12)22-19(26)15(18(25)21-20(22)27)10-13-6-2-3-8-16(13)28-11-17(23)24/h2-10H,11H2,1H3,(H,23,24)(H,21,25,27)/b15-10+. The number of nitrogens with zero attached hydrogens (tertiary/aromatic N) is 1. The number of nitrogens with one attached hydrogen (secondary N) is 1. The highest BCUT2D eigenvalue weighted by molar-refractivity contribution is 6.39. The van der Waals surface area contributed by atoms with Gasteiger partial charge in [-0.1, -0.05) is 30.3 Å². The second kappa shape index (κ2) is 7.75. The molecule has 3 rings (SSSR count). The van der Waals surface area contributed by atoms with Crippen LogP contribution in [0.1, 0.15) is 11.1 Å². The van der Waals surface area contributed by atoms with Crippen molar-refractivity contribution in [2.45, 2.75) is 6.92 Å². The second-order valence-electron chi connectivity index (χ2n) is 6.02. The van der Waals surface area contributed by atoms with Crippen LogP contribution in [0.2, 0.25) is 0 Å². The Bertz CT molecular complexity index is 1010. The molecule has 8 heteroatoms. The Kier molecular flexibility index (Phi) is 5.21. The van der Waals surface area contributed by atoms with Crippen molar-refractivity contribution in [1.82, 2.24) is 5.32 Å². The van der Waals surface area contributed by atoms with Gasteiger partial charge in [-0.25, -0.2) is 14.5 Å². The van der Waals surface area contributed by atoms with Gasteiger partial charge in [0.1, 0.15) is 11.3 Å². The van der Waals surface area contributed by atoms with Gasteiger partial charge in [-0.15, -0.1) is 0 Å². The molecule has 1 heterocycles. The number of barbiturate groups is 1. The number of rotatable bonds is 5. The van der Waals surface area contributed by atoms with E-state index in [1.54, 1.807) is 36.4 Å². The number of imide groups is 2. The van der Waals surface area contributed by atoms with Gasteiger partial charge >= 0.3 is 12.0 Å². The summed E-state index contributed by atoms with van der Waals surface area (Å²) < 4.78 is 5.19. The first-order valence-electron chi connectivity index (χ1n) is 8.28. The van der Waals surface area contributed by atoms with Crippen LogP contribution < -0.4 is 15.0 Å². The Morgan fingerprint density at radius 1 is 1.14 bits per heavy atom. The molecule has 1 saturated heterocycles. The number of carboxylic acid groups (broad SMARTS) is 1. The molecule has 0 unspecified atom stereocenters. The molecular weight excluding hydrogens is 364 g/mol. The molecule has 1 aliphatic heterocycles. The van der Waals surface area contributed by atoms with Crippen molar-refractivity contribution >= 4 is 35.6 Å². The first-order valence-corrected chi connectivity index (χ1v) is 8.28. The third-order valence-electron chi connectivity index (χ3n) is 3.93.